The van der Waals surface area contributed by atoms with Crippen molar-refractivity contribution in [3.8, 4) is 0 Å². The van der Waals surface area contributed by atoms with Gasteiger partial charge in [-0.15, -0.1) is 0 Å². The molecule has 1 saturated carbocycles. The van der Waals surface area contributed by atoms with E-state index in [0.29, 0.717) is 0 Å². The lowest BCUT2D eigenvalue weighted by Gasteiger charge is -2.09. The molecular formula is C9H17N. The van der Waals surface area contributed by atoms with Gasteiger partial charge in [0, 0.05) is 13.1 Å². The van der Waals surface area contributed by atoms with Gasteiger partial charge in [0.1, 0.15) is 0 Å². The molecule has 0 bridgehead atoms. The van der Waals surface area contributed by atoms with Crippen molar-refractivity contribution < 1.29 is 0 Å². The van der Waals surface area contributed by atoms with Gasteiger partial charge in [-0.05, 0) is 37.6 Å². The van der Waals surface area contributed by atoms with E-state index in [1.807, 2.05) is 0 Å². The molecule has 1 aliphatic carbocycles. The number of fused-ring (bicyclic) bond motifs is 1. The largest absolute Gasteiger partial charge is 0.306 e. The summed E-state index contributed by atoms with van der Waals surface area (Å²) >= 11 is 0. The highest BCUT2D eigenvalue weighted by molar-refractivity contribution is 4.89. The van der Waals surface area contributed by atoms with E-state index < -0.39 is 0 Å². The van der Waals surface area contributed by atoms with E-state index in [9.17, 15) is 0 Å². The van der Waals surface area contributed by atoms with Gasteiger partial charge >= 0.3 is 0 Å². The van der Waals surface area contributed by atoms with Crippen molar-refractivity contribution in [1.29, 1.82) is 0 Å². The van der Waals surface area contributed by atoms with Gasteiger partial charge in [-0.1, -0.05) is 6.92 Å². The molecule has 2 rings (SSSR count). The first-order chi connectivity index (χ1) is 4.75. The smallest absolute Gasteiger partial charge is 0.000995 e. The Kier molecular flexibility index (Phi) is 1.48. The average molecular weight is 139 g/mol. The van der Waals surface area contributed by atoms with Crippen molar-refractivity contribution in [2.45, 2.75) is 19.8 Å². The van der Waals surface area contributed by atoms with Crippen LogP contribution in [-0.2, 0) is 0 Å². The Balaban J connectivity index is 2.00. The van der Waals surface area contributed by atoms with E-state index in [4.69, 9.17) is 0 Å². The van der Waals surface area contributed by atoms with Gasteiger partial charge < -0.3 is 4.90 Å². The van der Waals surface area contributed by atoms with Gasteiger partial charge in [0.05, 0.1) is 0 Å². The summed E-state index contributed by atoms with van der Waals surface area (Å²) in [6, 6.07) is 0. The maximum Gasteiger partial charge on any atom is 0.000995 e. The molecular weight excluding hydrogens is 122 g/mol. The maximum atomic E-state index is 2.49. The first kappa shape index (κ1) is 6.66. The molecule has 2 aliphatic rings. The second-order valence-corrected chi connectivity index (χ2v) is 4.32. The van der Waals surface area contributed by atoms with Crippen LogP contribution in [0.4, 0.5) is 0 Å². The SMILES string of the molecule is CC1C[C@@H]2CN(C)C[C@@H]2C1. The molecule has 0 aromatic rings. The fourth-order valence-electron chi connectivity index (χ4n) is 2.84. The third-order valence-corrected chi connectivity index (χ3v) is 3.17. The topological polar surface area (TPSA) is 3.24 Å². The average Bonchev–Trinajstić information content (AvgIpc) is 2.21. The second-order valence-electron chi connectivity index (χ2n) is 4.32. The Hall–Kier alpha value is -0.0400. The predicted molar refractivity (Wildman–Crippen MR) is 42.9 cm³/mol. The highest BCUT2D eigenvalue weighted by Gasteiger charge is 2.37. The first-order valence-electron chi connectivity index (χ1n) is 4.44. The Morgan fingerprint density at radius 2 is 1.60 bits per heavy atom. The molecule has 1 heterocycles. The van der Waals surface area contributed by atoms with Crippen LogP contribution in [0.1, 0.15) is 19.8 Å². The molecule has 0 aromatic carbocycles. The van der Waals surface area contributed by atoms with E-state index in [2.05, 4.69) is 18.9 Å². The lowest BCUT2D eigenvalue weighted by molar-refractivity contribution is 0.360. The van der Waals surface area contributed by atoms with Crippen LogP contribution < -0.4 is 0 Å². The molecule has 0 radical (unpaired) electrons. The quantitative estimate of drug-likeness (QED) is 0.492. The van der Waals surface area contributed by atoms with Crippen LogP contribution in [0.15, 0.2) is 0 Å². The van der Waals surface area contributed by atoms with Crippen molar-refractivity contribution in [3.63, 3.8) is 0 Å². The summed E-state index contributed by atoms with van der Waals surface area (Å²) in [7, 11) is 2.25. The molecule has 10 heavy (non-hydrogen) atoms. The molecule has 0 amide bonds. The van der Waals surface area contributed by atoms with Crippen molar-refractivity contribution in [2.24, 2.45) is 17.8 Å². The minimum Gasteiger partial charge on any atom is -0.306 e. The van der Waals surface area contributed by atoms with Crippen molar-refractivity contribution >= 4 is 0 Å². The van der Waals surface area contributed by atoms with Crippen molar-refractivity contribution in [3.05, 3.63) is 0 Å². The fraction of sp³-hybridized carbons (Fsp3) is 1.00. The highest BCUT2D eigenvalue weighted by atomic mass is 15.1. The van der Waals surface area contributed by atoms with Gasteiger partial charge in [0.25, 0.3) is 0 Å². The Labute approximate surface area is 63.4 Å². The molecule has 1 heteroatoms. The Bertz CT molecular complexity index is 105. The molecule has 1 aliphatic heterocycles. The maximum absolute atomic E-state index is 2.49. The molecule has 1 unspecified atom stereocenters. The van der Waals surface area contributed by atoms with Crippen LogP contribution in [0, 0.1) is 17.8 Å². The van der Waals surface area contributed by atoms with Crippen LogP contribution >= 0.6 is 0 Å². The molecule has 3 atom stereocenters. The minimum absolute atomic E-state index is 1.02. The predicted octanol–water partition coefficient (Wildman–Crippen LogP) is 1.59. The van der Waals surface area contributed by atoms with E-state index in [1.54, 1.807) is 0 Å². The molecule has 0 spiro atoms. The van der Waals surface area contributed by atoms with Gasteiger partial charge in [-0.25, -0.2) is 0 Å². The summed E-state index contributed by atoms with van der Waals surface area (Å²) < 4.78 is 0. The van der Waals surface area contributed by atoms with Crippen molar-refractivity contribution in [2.75, 3.05) is 20.1 Å². The van der Waals surface area contributed by atoms with E-state index >= 15 is 0 Å². The zero-order chi connectivity index (χ0) is 7.14. The summed E-state index contributed by atoms with van der Waals surface area (Å²) in [4.78, 5) is 2.49. The monoisotopic (exact) mass is 139 g/mol. The number of likely N-dealkylation sites (tertiary alicyclic amines) is 1. The molecule has 0 aromatic heterocycles. The molecule has 1 saturated heterocycles. The summed E-state index contributed by atoms with van der Waals surface area (Å²) in [5.41, 5.74) is 0. The Morgan fingerprint density at radius 3 is 2.10 bits per heavy atom. The third-order valence-electron chi connectivity index (χ3n) is 3.17. The Morgan fingerprint density at radius 1 is 1.10 bits per heavy atom. The van der Waals surface area contributed by atoms with Gasteiger partial charge in [0.15, 0.2) is 0 Å². The van der Waals surface area contributed by atoms with E-state index in [0.717, 1.165) is 17.8 Å². The number of hydrogen-bond donors (Lipinski definition) is 0. The molecule has 1 nitrogen and oxygen atoms in total. The van der Waals surface area contributed by atoms with E-state index in [1.165, 1.54) is 25.9 Å². The summed E-state index contributed by atoms with van der Waals surface area (Å²) in [5.74, 6) is 3.13. The number of hydrogen-bond acceptors (Lipinski definition) is 1. The number of nitrogens with zero attached hydrogens (tertiary/aromatic N) is 1. The zero-order valence-electron chi connectivity index (χ0n) is 7.01. The molecule has 58 valence electrons. The molecule has 0 N–H and O–H groups in total. The normalized spacial score (nSPS) is 48.0. The van der Waals surface area contributed by atoms with Gasteiger partial charge in [-0.3, -0.25) is 0 Å². The standard InChI is InChI=1S/C9H17N/c1-7-3-8-5-10(2)6-9(8)4-7/h7-9H,3-6H2,1-2H3/t7?,8-,9+. The van der Waals surface area contributed by atoms with E-state index in [-0.39, 0.29) is 0 Å². The van der Waals surface area contributed by atoms with Gasteiger partial charge in [0.2, 0.25) is 0 Å². The summed E-state index contributed by atoms with van der Waals surface area (Å²) in [6.45, 7) is 5.14. The van der Waals surface area contributed by atoms with Gasteiger partial charge in [-0.2, -0.15) is 0 Å². The van der Waals surface area contributed by atoms with Crippen LogP contribution in [0.2, 0.25) is 0 Å². The van der Waals surface area contributed by atoms with Crippen LogP contribution in [-0.4, -0.2) is 25.0 Å². The van der Waals surface area contributed by atoms with Crippen LogP contribution in [0.25, 0.3) is 0 Å². The lowest BCUT2D eigenvalue weighted by Crippen LogP contribution is -2.15. The summed E-state index contributed by atoms with van der Waals surface area (Å²) in [6.07, 6.45) is 2.99. The summed E-state index contributed by atoms with van der Waals surface area (Å²) in [5, 5.41) is 0. The second kappa shape index (κ2) is 2.23. The highest BCUT2D eigenvalue weighted by Crippen LogP contribution is 2.40. The first-order valence-corrected chi connectivity index (χ1v) is 4.44. The molecule has 2 fully saturated rings. The van der Waals surface area contributed by atoms with Crippen LogP contribution in [0.5, 0.6) is 0 Å². The minimum atomic E-state index is 1.02. The zero-order valence-corrected chi connectivity index (χ0v) is 7.01. The number of rotatable bonds is 0. The third kappa shape index (κ3) is 0.968. The fourth-order valence-corrected chi connectivity index (χ4v) is 2.84. The van der Waals surface area contributed by atoms with Crippen LogP contribution in [0.3, 0.4) is 0 Å². The lowest BCUT2D eigenvalue weighted by atomic mass is 10.0. The van der Waals surface area contributed by atoms with Crippen molar-refractivity contribution in [1.82, 2.24) is 4.90 Å².